The lowest BCUT2D eigenvalue weighted by molar-refractivity contribution is 0.375. The highest BCUT2D eigenvalue weighted by molar-refractivity contribution is 8.14. The Kier molecular flexibility index (Phi) is 4.52. The van der Waals surface area contributed by atoms with E-state index in [0.717, 1.165) is 23.2 Å². The van der Waals surface area contributed by atoms with Gasteiger partial charge in [0.25, 0.3) is 0 Å². The van der Waals surface area contributed by atoms with Gasteiger partial charge >= 0.3 is 0 Å². The zero-order valence-corrected chi connectivity index (χ0v) is 14.2. The molecule has 0 saturated carbocycles. The highest BCUT2D eigenvalue weighted by Gasteiger charge is 2.26. The summed E-state index contributed by atoms with van der Waals surface area (Å²) in [4.78, 5) is 4.64. The molecule has 1 aromatic heterocycles. The summed E-state index contributed by atoms with van der Waals surface area (Å²) >= 11 is 1.88. The first-order chi connectivity index (χ1) is 9.24. The van der Waals surface area contributed by atoms with Crippen LogP contribution in [0.15, 0.2) is 15.5 Å². The summed E-state index contributed by atoms with van der Waals surface area (Å²) in [6.45, 7) is 14.0. The van der Waals surface area contributed by atoms with Gasteiger partial charge in [-0.1, -0.05) is 32.5 Å². The maximum atomic E-state index is 5.60. The third-order valence-electron chi connectivity index (χ3n) is 3.44. The van der Waals surface area contributed by atoms with Crippen molar-refractivity contribution in [2.75, 3.05) is 6.54 Å². The van der Waals surface area contributed by atoms with E-state index in [2.05, 4.69) is 44.1 Å². The Morgan fingerprint density at radius 1 is 1.45 bits per heavy atom. The first kappa shape index (κ1) is 15.5. The van der Waals surface area contributed by atoms with Gasteiger partial charge in [-0.15, -0.1) is 0 Å². The molecule has 2 atom stereocenters. The number of hydrogen-bond acceptors (Lipinski definition) is 4. The summed E-state index contributed by atoms with van der Waals surface area (Å²) < 4.78 is 5.60. The summed E-state index contributed by atoms with van der Waals surface area (Å²) in [7, 11) is 0. The van der Waals surface area contributed by atoms with E-state index in [1.807, 2.05) is 25.6 Å². The van der Waals surface area contributed by atoms with E-state index >= 15 is 0 Å². The first-order valence-electron chi connectivity index (χ1n) is 7.29. The molecule has 0 aromatic carbocycles. The number of thioether (sulfide) groups is 1. The molecule has 1 aromatic rings. The number of rotatable bonds is 3. The van der Waals surface area contributed by atoms with Crippen LogP contribution in [0.25, 0.3) is 0 Å². The smallest absolute Gasteiger partial charge is 0.157 e. The van der Waals surface area contributed by atoms with E-state index in [1.165, 1.54) is 12.0 Å². The van der Waals surface area contributed by atoms with Gasteiger partial charge in [-0.05, 0) is 38.7 Å². The average Bonchev–Trinajstić information content (AvgIpc) is 2.83. The molecule has 3 nitrogen and oxygen atoms in total. The Morgan fingerprint density at radius 3 is 2.70 bits per heavy atom. The van der Waals surface area contributed by atoms with Crippen LogP contribution in [0.2, 0.25) is 0 Å². The number of nitrogens with one attached hydrogen (secondary N) is 1. The van der Waals surface area contributed by atoms with Crippen LogP contribution in [0, 0.1) is 19.3 Å². The highest BCUT2D eigenvalue weighted by Crippen LogP contribution is 2.32. The quantitative estimate of drug-likeness (QED) is 0.894. The van der Waals surface area contributed by atoms with E-state index in [9.17, 15) is 0 Å². The normalized spacial score (nSPS) is 20.9. The molecule has 0 radical (unpaired) electrons. The lowest BCUT2D eigenvalue weighted by Crippen LogP contribution is -2.24. The van der Waals surface area contributed by atoms with Crippen LogP contribution < -0.4 is 5.32 Å². The summed E-state index contributed by atoms with van der Waals surface area (Å²) in [6, 6.07) is 2.35. The van der Waals surface area contributed by atoms with E-state index < -0.39 is 0 Å². The lowest BCUT2D eigenvalue weighted by atomic mass is 9.90. The highest BCUT2D eigenvalue weighted by atomic mass is 32.2. The number of aliphatic imine (C=N–C) groups is 1. The van der Waals surface area contributed by atoms with E-state index in [1.54, 1.807) is 0 Å². The molecule has 4 heteroatoms. The monoisotopic (exact) mass is 294 g/mol. The van der Waals surface area contributed by atoms with Crippen molar-refractivity contribution in [3.05, 3.63) is 23.2 Å². The number of aryl methyl sites for hydroxylation is 2. The average molecular weight is 294 g/mol. The van der Waals surface area contributed by atoms with Crippen molar-refractivity contribution in [3.8, 4) is 0 Å². The predicted octanol–water partition coefficient (Wildman–Crippen LogP) is 4.45. The molecule has 1 aliphatic heterocycles. The second kappa shape index (κ2) is 5.84. The Bertz CT molecular complexity index is 499. The molecule has 0 bridgehead atoms. The van der Waals surface area contributed by atoms with E-state index in [-0.39, 0.29) is 6.04 Å². The molecule has 2 heterocycles. The van der Waals surface area contributed by atoms with Gasteiger partial charge in [-0.3, -0.25) is 4.99 Å². The summed E-state index contributed by atoms with van der Waals surface area (Å²) in [5, 5.41) is 5.20. The second-order valence-electron chi connectivity index (χ2n) is 6.89. The van der Waals surface area contributed by atoms with E-state index in [0.29, 0.717) is 10.7 Å². The van der Waals surface area contributed by atoms with Crippen molar-refractivity contribution in [2.45, 2.75) is 59.3 Å². The van der Waals surface area contributed by atoms with Crippen LogP contribution in [0.5, 0.6) is 0 Å². The molecule has 2 unspecified atom stereocenters. The summed E-state index contributed by atoms with van der Waals surface area (Å²) in [5.74, 6) is 1.97. The minimum atomic E-state index is 0.243. The molecule has 1 N–H and O–H groups in total. The molecule has 2 rings (SSSR count). The van der Waals surface area contributed by atoms with Gasteiger partial charge in [0.1, 0.15) is 11.5 Å². The molecule has 0 amide bonds. The maximum Gasteiger partial charge on any atom is 0.157 e. The minimum Gasteiger partial charge on any atom is -0.466 e. The zero-order chi connectivity index (χ0) is 14.9. The molecule has 112 valence electrons. The number of amidine groups is 1. The predicted molar refractivity (Wildman–Crippen MR) is 87.5 cm³/mol. The van der Waals surface area contributed by atoms with Crippen LogP contribution in [-0.4, -0.2) is 17.0 Å². The largest absolute Gasteiger partial charge is 0.466 e. The Hall–Kier alpha value is -0.900. The standard InChI is InChI=1S/C16H26N2OS/c1-10-7-14(12(3)19-10)11(2)18-15-17-9-13(20-15)8-16(4,5)6/h7,11,13H,8-9H2,1-6H3,(H,17,18). The van der Waals surface area contributed by atoms with Crippen molar-refractivity contribution in [1.82, 2.24) is 5.32 Å². The Balaban J connectivity index is 1.90. The van der Waals surface area contributed by atoms with Gasteiger partial charge in [0.2, 0.25) is 0 Å². The van der Waals surface area contributed by atoms with Crippen LogP contribution >= 0.6 is 11.8 Å². The third kappa shape index (κ3) is 4.05. The van der Waals surface area contributed by atoms with Crippen molar-refractivity contribution in [3.63, 3.8) is 0 Å². The van der Waals surface area contributed by atoms with Gasteiger partial charge in [0.15, 0.2) is 5.17 Å². The van der Waals surface area contributed by atoms with Crippen LogP contribution in [-0.2, 0) is 0 Å². The van der Waals surface area contributed by atoms with Gasteiger partial charge < -0.3 is 9.73 Å². The Morgan fingerprint density at radius 2 is 2.15 bits per heavy atom. The molecule has 0 spiro atoms. The number of furan rings is 1. The Labute approximate surface area is 126 Å². The SMILES string of the molecule is Cc1cc(C(C)NC2=NCC(CC(C)(C)C)S2)c(C)o1. The molecule has 0 saturated heterocycles. The second-order valence-corrected chi connectivity index (χ2v) is 8.17. The van der Waals surface area contributed by atoms with Gasteiger partial charge in [-0.25, -0.2) is 0 Å². The summed E-state index contributed by atoms with van der Waals surface area (Å²) in [5.41, 5.74) is 1.59. The molecule has 0 aliphatic carbocycles. The number of hydrogen-bond donors (Lipinski definition) is 1. The van der Waals surface area contributed by atoms with Crippen LogP contribution in [0.1, 0.15) is 57.2 Å². The van der Waals surface area contributed by atoms with Crippen molar-refractivity contribution >= 4 is 16.9 Å². The minimum absolute atomic E-state index is 0.243. The van der Waals surface area contributed by atoms with Gasteiger partial charge in [-0.2, -0.15) is 0 Å². The fourth-order valence-electron chi connectivity index (χ4n) is 2.63. The maximum absolute atomic E-state index is 5.60. The van der Waals surface area contributed by atoms with Crippen LogP contribution in [0.3, 0.4) is 0 Å². The summed E-state index contributed by atoms with van der Waals surface area (Å²) in [6.07, 6.45) is 1.20. The molecule has 0 fully saturated rings. The van der Waals surface area contributed by atoms with E-state index in [4.69, 9.17) is 4.42 Å². The molecule has 20 heavy (non-hydrogen) atoms. The number of nitrogens with zero attached hydrogens (tertiary/aromatic N) is 1. The van der Waals surface area contributed by atoms with Crippen molar-refractivity contribution in [1.29, 1.82) is 0 Å². The molecular formula is C16H26N2OS. The van der Waals surface area contributed by atoms with Crippen LogP contribution in [0.4, 0.5) is 0 Å². The van der Waals surface area contributed by atoms with Crippen molar-refractivity contribution < 1.29 is 4.42 Å². The topological polar surface area (TPSA) is 37.5 Å². The zero-order valence-electron chi connectivity index (χ0n) is 13.4. The fraction of sp³-hybridized carbons (Fsp3) is 0.688. The van der Waals surface area contributed by atoms with Crippen molar-refractivity contribution in [2.24, 2.45) is 10.4 Å². The third-order valence-corrected chi connectivity index (χ3v) is 4.56. The van der Waals surface area contributed by atoms with Gasteiger partial charge in [0, 0.05) is 10.8 Å². The van der Waals surface area contributed by atoms with Gasteiger partial charge in [0.05, 0.1) is 12.6 Å². The fourth-order valence-corrected chi connectivity index (χ4v) is 4.07. The molecular weight excluding hydrogens is 268 g/mol. The lowest BCUT2D eigenvalue weighted by Gasteiger charge is -2.22. The molecule has 1 aliphatic rings. The first-order valence-corrected chi connectivity index (χ1v) is 8.17.